The first-order valence-electron chi connectivity index (χ1n) is 13.6. The molecule has 0 bridgehead atoms. The van der Waals surface area contributed by atoms with E-state index in [1.54, 1.807) is 41.1 Å². The van der Waals surface area contributed by atoms with E-state index < -0.39 is 41.7 Å². The van der Waals surface area contributed by atoms with Gasteiger partial charge in [0, 0.05) is 30.8 Å². The summed E-state index contributed by atoms with van der Waals surface area (Å²) in [5, 5.41) is 11.2. The van der Waals surface area contributed by atoms with Crippen molar-refractivity contribution in [3.8, 4) is 0 Å². The standard InChI is InChI=1S/C31H32ClN3O5/c1-3-30-15-7-17-33(2)27(37)24(30)25-28(38)35(23(19-36)20-9-5-4-6-10-20)26-29(39)34(18-8-16-31(25,26)40-30)22-13-11-21(32)12-14-22/h4-16,23-26,36H,3,17-19H2,1-2H3/t23-,24-,25+,26?,30+,31+/m1/s1. The predicted molar refractivity (Wildman–Crippen MR) is 150 cm³/mol. The first-order chi connectivity index (χ1) is 19.3. The van der Waals surface area contributed by atoms with Gasteiger partial charge in [-0.2, -0.15) is 0 Å². The molecule has 1 unspecified atom stereocenters. The molecule has 0 aromatic heterocycles. The fraction of sp³-hybridized carbons (Fsp3) is 0.387. The third-order valence-electron chi connectivity index (χ3n) is 8.91. The Morgan fingerprint density at radius 1 is 0.950 bits per heavy atom. The molecule has 1 spiro atoms. The summed E-state index contributed by atoms with van der Waals surface area (Å²) < 4.78 is 6.97. The molecule has 2 aromatic rings. The zero-order chi connectivity index (χ0) is 28.2. The molecule has 4 aliphatic heterocycles. The topological polar surface area (TPSA) is 90.4 Å². The Hall–Kier alpha value is -3.46. The van der Waals surface area contributed by atoms with E-state index in [4.69, 9.17) is 16.3 Å². The lowest BCUT2D eigenvalue weighted by Crippen LogP contribution is -2.57. The Morgan fingerprint density at radius 3 is 2.33 bits per heavy atom. The van der Waals surface area contributed by atoms with Crippen LogP contribution in [0.2, 0.25) is 5.02 Å². The maximum Gasteiger partial charge on any atom is 0.253 e. The maximum absolute atomic E-state index is 14.7. The van der Waals surface area contributed by atoms with Crippen molar-refractivity contribution >= 4 is 35.0 Å². The quantitative estimate of drug-likeness (QED) is 0.565. The molecule has 208 valence electrons. The number of aliphatic hydroxyl groups is 1. The van der Waals surface area contributed by atoms with Crippen LogP contribution in [0.25, 0.3) is 0 Å². The summed E-state index contributed by atoms with van der Waals surface area (Å²) in [5.74, 6) is -2.68. The van der Waals surface area contributed by atoms with E-state index in [1.807, 2.05) is 61.6 Å². The number of likely N-dealkylation sites (N-methyl/N-ethyl adjacent to an activating group) is 1. The second kappa shape index (κ2) is 9.87. The molecule has 0 radical (unpaired) electrons. The van der Waals surface area contributed by atoms with Crippen molar-refractivity contribution in [2.75, 3.05) is 31.6 Å². The molecule has 8 nitrogen and oxygen atoms in total. The van der Waals surface area contributed by atoms with Crippen molar-refractivity contribution < 1.29 is 24.2 Å². The van der Waals surface area contributed by atoms with Gasteiger partial charge in [-0.25, -0.2) is 0 Å². The molecular weight excluding hydrogens is 530 g/mol. The fourth-order valence-electron chi connectivity index (χ4n) is 7.04. The van der Waals surface area contributed by atoms with Gasteiger partial charge in [0.05, 0.1) is 30.1 Å². The lowest BCUT2D eigenvalue weighted by Gasteiger charge is -2.40. The van der Waals surface area contributed by atoms with Crippen LogP contribution in [0.5, 0.6) is 0 Å². The number of hydrogen-bond donors (Lipinski definition) is 1. The van der Waals surface area contributed by atoms with Gasteiger partial charge in [0.2, 0.25) is 11.8 Å². The summed E-state index contributed by atoms with van der Waals surface area (Å²) in [6.07, 6.45) is 7.93. The van der Waals surface area contributed by atoms with E-state index in [2.05, 4.69) is 0 Å². The number of fused-ring (bicyclic) bond motifs is 2. The zero-order valence-corrected chi connectivity index (χ0v) is 23.2. The van der Waals surface area contributed by atoms with E-state index in [9.17, 15) is 19.5 Å². The smallest absolute Gasteiger partial charge is 0.253 e. The Bertz CT molecular complexity index is 1400. The summed E-state index contributed by atoms with van der Waals surface area (Å²) in [7, 11) is 1.72. The molecular formula is C31H32ClN3O5. The van der Waals surface area contributed by atoms with Crippen LogP contribution >= 0.6 is 11.6 Å². The van der Waals surface area contributed by atoms with Crippen LogP contribution < -0.4 is 4.90 Å². The zero-order valence-electron chi connectivity index (χ0n) is 22.4. The molecule has 1 N–H and O–H groups in total. The molecule has 4 aliphatic rings. The van der Waals surface area contributed by atoms with Gasteiger partial charge < -0.3 is 24.5 Å². The van der Waals surface area contributed by atoms with Crippen LogP contribution in [0, 0.1) is 11.8 Å². The number of amides is 3. The molecule has 40 heavy (non-hydrogen) atoms. The summed E-state index contributed by atoms with van der Waals surface area (Å²) in [4.78, 5) is 47.9. The second-order valence-electron chi connectivity index (χ2n) is 10.9. The highest BCUT2D eigenvalue weighted by Crippen LogP contribution is 2.59. The predicted octanol–water partition coefficient (Wildman–Crippen LogP) is 3.37. The lowest BCUT2D eigenvalue weighted by molar-refractivity contribution is -0.152. The third kappa shape index (κ3) is 3.77. The third-order valence-corrected chi connectivity index (χ3v) is 9.16. The Labute approximate surface area is 238 Å². The van der Waals surface area contributed by atoms with E-state index >= 15 is 0 Å². The number of hydrogen-bond acceptors (Lipinski definition) is 5. The molecule has 0 saturated carbocycles. The molecule has 3 amide bonds. The van der Waals surface area contributed by atoms with Gasteiger partial charge in [0.1, 0.15) is 11.6 Å². The molecule has 6 rings (SSSR count). The average molecular weight is 562 g/mol. The van der Waals surface area contributed by atoms with Crippen LogP contribution in [-0.4, -0.2) is 76.6 Å². The van der Waals surface area contributed by atoms with Crippen LogP contribution in [0.15, 0.2) is 78.9 Å². The molecule has 0 aliphatic carbocycles. The van der Waals surface area contributed by atoms with Crippen LogP contribution in [0.1, 0.15) is 24.9 Å². The van der Waals surface area contributed by atoms with Crippen molar-refractivity contribution in [2.24, 2.45) is 11.8 Å². The van der Waals surface area contributed by atoms with Gasteiger partial charge in [-0.1, -0.05) is 73.2 Å². The number of anilines is 1. The van der Waals surface area contributed by atoms with Crippen molar-refractivity contribution in [3.05, 3.63) is 89.5 Å². The van der Waals surface area contributed by atoms with Gasteiger partial charge in [0.15, 0.2) is 0 Å². The number of ether oxygens (including phenoxy) is 1. The Kier molecular flexibility index (Phi) is 6.60. The number of rotatable bonds is 5. The minimum atomic E-state index is -1.41. The fourth-order valence-corrected chi connectivity index (χ4v) is 7.17. The molecule has 2 fully saturated rings. The van der Waals surface area contributed by atoms with Gasteiger partial charge in [-0.15, -0.1) is 0 Å². The van der Waals surface area contributed by atoms with Gasteiger partial charge in [0.25, 0.3) is 5.91 Å². The summed E-state index contributed by atoms with van der Waals surface area (Å²) >= 11 is 6.13. The van der Waals surface area contributed by atoms with E-state index in [0.29, 0.717) is 29.2 Å². The highest BCUT2D eigenvalue weighted by atomic mass is 35.5. The minimum Gasteiger partial charge on any atom is -0.394 e. The average Bonchev–Trinajstić information content (AvgIpc) is 3.26. The lowest BCUT2D eigenvalue weighted by atomic mass is 9.73. The largest absolute Gasteiger partial charge is 0.394 e. The van der Waals surface area contributed by atoms with Crippen LogP contribution in [0.4, 0.5) is 5.69 Å². The van der Waals surface area contributed by atoms with Crippen LogP contribution in [-0.2, 0) is 19.1 Å². The van der Waals surface area contributed by atoms with Gasteiger partial charge in [-0.05, 0) is 36.2 Å². The van der Waals surface area contributed by atoms with Crippen molar-refractivity contribution in [1.29, 1.82) is 0 Å². The minimum absolute atomic E-state index is 0.192. The number of halogens is 1. The van der Waals surface area contributed by atoms with Crippen LogP contribution in [0.3, 0.4) is 0 Å². The van der Waals surface area contributed by atoms with Crippen molar-refractivity contribution in [3.63, 3.8) is 0 Å². The number of benzene rings is 2. The highest BCUT2D eigenvalue weighted by molar-refractivity contribution is 6.30. The number of likely N-dealkylation sites (tertiary alicyclic amines) is 1. The number of carbonyl (C=O) groups is 3. The summed E-state index contributed by atoms with van der Waals surface area (Å²) in [6.45, 7) is 2.20. The summed E-state index contributed by atoms with van der Waals surface area (Å²) in [6, 6.07) is 14.2. The van der Waals surface area contributed by atoms with Crippen molar-refractivity contribution in [1.82, 2.24) is 9.80 Å². The number of nitrogens with zero attached hydrogens (tertiary/aromatic N) is 3. The molecule has 4 heterocycles. The van der Waals surface area contributed by atoms with E-state index in [1.165, 1.54) is 4.90 Å². The monoisotopic (exact) mass is 561 g/mol. The Balaban J connectivity index is 1.56. The Morgan fingerprint density at radius 2 is 1.65 bits per heavy atom. The highest BCUT2D eigenvalue weighted by Gasteiger charge is 2.76. The first-order valence-corrected chi connectivity index (χ1v) is 14.0. The normalized spacial score (nSPS) is 32.0. The molecule has 6 atom stereocenters. The van der Waals surface area contributed by atoms with E-state index in [-0.39, 0.29) is 24.3 Å². The first kappa shape index (κ1) is 26.7. The number of carbonyl (C=O) groups excluding carboxylic acids is 3. The second-order valence-corrected chi connectivity index (χ2v) is 11.4. The van der Waals surface area contributed by atoms with Gasteiger partial charge in [-0.3, -0.25) is 14.4 Å². The van der Waals surface area contributed by atoms with Gasteiger partial charge >= 0.3 is 0 Å². The molecule has 2 aromatic carbocycles. The summed E-state index contributed by atoms with van der Waals surface area (Å²) in [5.41, 5.74) is -1.14. The maximum atomic E-state index is 14.7. The SMILES string of the molecule is CC[C@]12C=CCN(C)C(=O)[C@H]1[C@H]1C(=O)N([C@H](CO)c3ccccc3)C3C(=O)N(c4ccc(Cl)cc4)CC=C[C@@]31O2. The molecule has 2 saturated heterocycles. The number of aliphatic hydroxyl groups excluding tert-OH is 1. The van der Waals surface area contributed by atoms with Crippen molar-refractivity contribution in [2.45, 2.75) is 36.6 Å². The molecule has 9 heteroatoms. The van der Waals surface area contributed by atoms with E-state index in [0.717, 1.165) is 0 Å².